The Morgan fingerprint density at radius 2 is 2.00 bits per heavy atom. The van der Waals surface area contributed by atoms with Crippen LogP contribution >= 0.6 is 11.3 Å². The Labute approximate surface area is 174 Å². The second-order valence-electron chi connectivity index (χ2n) is 6.92. The van der Waals surface area contributed by atoms with Gasteiger partial charge in [0.15, 0.2) is 5.76 Å². The fourth-order valence-corrected chi connectivity index (χ4v) is 4.49. The lowest BCUT2D eigenvalue weighted by Crippen LogP contribution is -2.38. The molecule has 0 aliphatic carbocycles. The van der Waals surface area contributed by atoms with Gasteiger partial charge in [-0.15, -0.1) is 11.3 Å². The van der Waals surface area contributed by atoms with Crippen molar-refractivity contribution in [3.8, 4) is 0 Å². The third kappa shape index (κ3) is 4.09. The van der Waals surface area contributed by atoms with Crippen molar-refractivity contribution in [2.75, 3.05) is 26.2 Å². The van der Waals surface area contributed by atoms with E-state index in [1.54, 1.807) is 30.2 Å². The van der Waals surface area contributed by atoms with Gasteiger partial charge in [-0.2, -0.15) is 0 Å². The van der Waals surface area contributed by atoms with Crippen LogP contribution in [-0.4, -0.2) is 62.7 Å². The first kappa shape index (κ1) is 21.1. The number of ketones is 1. The average molecular weight is 415 g/mol. The molecule has 7 nitrogen and oxygen atoms in total. The highest BCUT2D eigenvalue weighted by Gasteiger charge is 2.45. The van der Waals surface area contributed by atoms with Gasteiger partial charge in [-0.25, -0.2) is 4.98 Å². The van der Waals surface area contributed by atoms with E-state index in [1.165, 1.54) is 11.3 Å². The molecule has 0 saturated carbocycles. The number of carbonyl (C=O) groups is 2. The lowest BCUT2D eigenvalue weighted by Gasteiger charge is -2.28. The molecule has 0 unspecified atom stereocenters. The number of thiazole rings is 1. The van der Waals surface area contributed by atoms with Crippen molar-refractivity contribution in [2.45, 2.75) is 33.7 Å². The van der Waals surface area contributed by atoms with Gasteiger partial charge in [0.2, 0.25) is 5.78 Å². The summed E-state index contributed by atoms with van der Waals surface area (Å²) in [5.41, 5.74) is 1.25. The number of rotatable bonds is 8. The van der Waals surface area contributed by atoms with Crippen LogP contribution in [-0.2, 0) is 4.79 Å². The van der Waals surface area contributed by atoms with Gasteiger partial charge in [-0.3, -0.25) is 14.6 Å². The van der Waals surface area contributed by atoms with Crippen molar-refractivity contribution < 1.29 is 14.7 Å². The number of likely N-dealkylation sites (N-methyl/N-ethyl adjacent to an activating group) is 1. The van der Waals surface area contributed by atoms with E-state index < -0.39 is 17.7 Å². The summed E-state index contributed by atoms with van der Waals surface area (Å²) < 4.78 is 0. The van der Waals surface area contributed by atoms with Crippen LogP contribution in [0.4, 0.5) is 0 Å². The number of nitrogens with zero attached hydrogens (tertiary/aromatic N) is 4. The predicted octanol–water partition coefficient (Wildman–Crippen LogP) is 3.08. The van der Waals surface area contributed by atoms with Gasteiger partial charge in [0.05, 0.1) is 26.8 Å². The number of aromatic nitrogens is 2. The van der Waals surface area contributed by atoms with Crippen LogP contribution in [0.2, 0.25) is 0 Å². The van der Waals surface area contributed by atoms with Gasteiger partial charge < -0.3 is 14.9 Å². The van der Waals surface area contributed by atoms with Gasteiger partial charge in [-0.05, 0) is 39.1 Å². The fraction of sp³-hybridized carbons (Fsp3) is 0.429. The highest BCUT2D eigenvalue weighted by atomic mass is 32.1. The number of Topliss-reactive ketones (excluding diaryl/α,β-unsaturated/α-hetero) is 1. The Bertz CT molecular complexity index is 935. The first-order valence-electron chi connectivity index (χ1n) is 9.75. The summed E-state index contributed by atoms with van der Waals surface area (Å²) in [5, 5.41) is 11.4. The monoisotopic (exact) mass is 414 g/mol. The Morgan fingerprint density at radius 3 is 2.55 bits per heavy atom. The van der Waals surface area contributed by atoms with Crippen LogP contribution in [0.1, 0.15) is 46.0 Å². The molecule has 0 saturated heterocycles. The molecule has 0 radical (unpaired) electrons. The van der Waals surface area contributed by atoms with E-state index >= 15 is 0 Å². The van der Waals surface area contributed by atoms with Crippen molar-refractivity contribution in [3.05, 3.63) is 57.0 Å². The molecule has 0 spiro atoms. The Balaban J connectivity index is 2.02. The molecule has 154 valence electrons. The SMILES string of the molecule is CCN(CC)CCN1C(=O)C(O)=C(C(=O)c2sc(C)nc2C)[C@@H]1c1ccccn1. The number of hydrogen-bond acceptors (Lipinski definition) is 7. The van der Waals surface area contributed by atoms with Gasteiger partial charge in [0.25, 0.3) is 5.91 Å². The van der Waals surface area contributed by atoms with Crippen molar-refractivity contribution in [1.29, 1.82) is 0 Å². The number of amides is 1. The van der Waals surface area contributed by atoms with E-state index in [0.717, 1.165) is 18.1 Å². The summed E-state index contributed by atoms with van der Waals surface area (Å²) in [7, 11) is 0. The van der Waals surface area contributed by atoms with Crippen molar-refractivity contribution in [2.24, 2.45) is 0 Å². The van der Waals surface area contributed by atoms with E-state index in [2.05, 4.69) is 28.7 Å². The zero-order chi connectivity index (χ0) is 21.1. The maximum atomic E-state index is 13.4. The van der Waals surface area contributed by atoms with E-state index in [-0.39, 0.29) is 11.4 Å². The van der Waals surface area contributed by atoms with E-state index in [4.69, 9.17) is 0 Å². The molecule has 3 heterocycles. The largest absolute Gasteiger partial charge is 0.503 e. The summed E-state index contributed by atoms with van der Waals surface area (Å²) in [4.78, 5) is 39.2. The Morgan fingerprint density at radius 1 is 1.28 bits per heavy atom. The number of hydrogen-bond donors (Lipinski definition) is 1. The van der Waals surface area contributed by atoms with Crippen LogP contribution in [0.5, 0.6) is 0 Å². The average Bonchev–Trinajstić information content (AvgIpc) is 3.19. The molecular weight excluding hydrogens is 388 g/mol. The molecule has 1 aliphatic heterocycles. The van der Waals surface area contributed by atoms with Gasteiger partial charge in [-0.1, -0.05) is 19.9 Å². The standard InChI is InChI=1S/C21H26N4O3S/c1-5-24(6-2)11-12-25-17(15-9-7-8-10-22-15)16(19(27)21(25)28)18(26)20-13(3)23-14(4)29-20/h7-10,17,27H,5-6,11-12H2,1-4H3/t17-/m0/s1. The minimum Gasteiger partial charge on any atom is -0.503 e. The third-order valence-corrected chi connectivity index (χ3v) is 6.25. The zero-order valence-corrected chi connectivity index (χ0v) is 18.0. The number of aliphatic hydroxyl groups is 1. The summed E-state index contributed by atoms with van der Waals surface area (Å²) >= 11 is 1.27. The lowest BCUT2D eigenvalue weighted by molar-refractivity contribution is -0.129. The third-order valence-electron chi connectivity index (χ3n) is 5.18. The molecule has 1 amide bonds. The summed E-state index contributed by atoms with van der Waals surface area (Å²) in [6.45, 7) is 10.5. The van der Waals surface area contributed by atoms with Crippen LogP contribution in [0.15, 0.2) is 35.7 Å². The Kier molecular flexibility index (Phi) is 6.44. The molecule has 1 N–H and O–H groups in total. The quantitative estimate of drug-likeness (QED) is 0.668. The topological polar surface area (TPSA) is 86.6 Å². The highest BCUT2D eigenvalue weighted by Crippen LogP contribution is 2.39. The normalized spacial score (nSPS) is 16.9. The minimum absolute atomic E-state index is 0.0833. The molecule has 1 aliphatic rings. The maximum Gasteiger partial charge on any atom is 0.290 e. The first-order chi connectivity index (χ1) is 13.9. The highest BCUT2D eigenvalue weighted by molar-refractivity contribution is 7.14. The number of pyridine rings is 1. The first-order valence-corrected chi connectivity index (χ1v) is 10.6. The predicted molar refractivity (Wildman–Crippen MR) is 112 cm³/mol. The van der Waals surface area contributed by atoms with Crippen LogP contribution in [0.3, 0.4) is 0 Å². The smallest absolute Gasteiger partial charge is 0.290 e. The van der Waals surface area contributed by atoms with E-state index in [9.17, 15) is 14.7 Å². The van der Waals surface area contributed by atoms with Crippen LogP contribution < -0.4 is 0 Å². The second-order valence-corrected chi connectivity index (χ2v) is 8.12. The Hall–Kier alpha value is -2.58. The van der Waals surface area contributed by atoms with E-state index in [1.807, 2.05) is 13.0 Å². The molecule has 1 atom stereocenters. The summed E-state index contributed by atoms with van der Waals surface area (Å²) in [6, 6.07) is 4.66. The van der Waals surface area contributed by atoms with Crippen LogP contribution in [0, 0.1) is 13.8 Å². The molecule has 0 aromatic carbocycles. The number of carbonyl (C=O) groups excluding carboxylic acids is 2. The molecule has 3 rings (SSSR count). The molecular formula is C21H26N4O3S. The van der Waals surface area contributed by atoms with E-state index in [0.29, 0.717) is 29.4 Å². The fourth-order valence-electron chi connectivity index (χ4n) is 3.61. The minimum atomic E-state index is -0.714. The lowest BCUT2D eigenvalue weighted by atomic mass is 9.98. The summed E-state index contributed by atoms with van der Waals surface area (Å²) in [6.07, 6.45) is 1.63. The number of aliphatic hydroxyl groups excluding tert-OH is 1. The molecule has 0 bridgehead atoms. The molecule has 8 heteroatoms. The molecule has 0 fully saturated rings. The summed E-state index contributed by atoms with van der Waals surface area (Å²) in [5.74, 6) is -1.38. The van der Waals surface area contributed by atoms with Crippen molar-refractivity contribution in [1.82, 2.24) is 19.8 Å². The van der Waals surface area contributed by atoms with Crippen molar-refractivity contribution in [3.63, 3.8) is 0 Å². The number of aryl methyl sites for hydroxylation is 2. The van der Waals surface area contributed by atoms with Crippen LogP contribution in [0.25, 0.3) is 0 Å². The van der Waals surface area contributed by atoms with Gasteiger partial charge >= 0.3 is 0 Å². The second kappa shape index (κ2) is 8.84. The molecule has 2 aromatic rings. The maximum absolute atomic E-state index is 13.4. The van der Waals surface area contributed by atoms with Gasteiger partial charge in [0.1, 0.15) is 6.04 Å². The molecule has 29 heavy (non-hydrogen) atoms. The van der Waals surface area contributed by atoms with Crippen molar-refractivity contribution >= 4 is 23.0 Å². The molecule has 2 aromatic heterocycles. The van der Waals surface area contributed by atoms with Gasteiger partial charge in [0, 0.05) is 19.3 Å². The zero-order valence-electron chi connectivity index (χ0n) is 17.2.